The van der Waals surface area contributed by atoms with Crippen molar-refractivity contribution in [2.45, 2.75) is 144 Å². The first-order chi connectivity index (χ1) is 26.5. The molecule has 0 bridgehead atoms. The second kappa shape index (κ2) is 13.9. The van der Waals surface area contributed by atoms with Gasteiger partial charge in [-0.2, -0.15) is 0 Å². The minimum atomic E-state index is -4.02. The van der Waals surface area contributed by atoms with Gasteiger partial charge in [0.05, 0.1) is 22.5 Å². The Kier molecular flexibility index (Phi) is 9.59. The molecule has 8 rings (SSSR count). The third-order valence-electron chi connectivity index (χ3n) is 12.8. The van der Waals surface area contributed by atoms with E-state index in [1.165, 1.54) is 4.90 Å². The number of ether oxygens (including phenoxy) is 2. The SMILES string of the molecule is Cc1nc2ccccc2c2c1O[C@]1(CC2)C[C@H]2C(=O)N[C@]3(C(=O)NS(=O)(=O)C4(C)CC4)C[C@H]3/C=C\CCCCC[C@H](NC(=O)OC3CCC(F)(F)C3)C(=O)N2C1. The molecule has 3 saturated carbocycles. The van der Waals surface area contributed by atoms with Crippen LogP contribution in [0, 0.1) is 12.8 Å². The van der Waals surface area contributed by atoms with Gasteiger partial charge >= 0.3 is 6.09 Å². The maximum atomic E-state index is 14.7. The summed E-state index contributed by atoms with van der Waals surface area (Å²) in [5.41, 5.74) is -0.124. The van der Waals surface area contributed by atoms with E-state index in [0.717, 1.165) is 22.9 Å². The highest BCUT2D eigenvalue weighted by molar-refractivity contribution is 7.91. The summed E-state index contributed by atoms with van der Waals surface area (Å²) < 4.78 is 67.6. The molecule has 302 valence electrons. The van der Waals surface area contributed by atoms with Crippen LogP contribution in [-0.4, -0.2) is 88.7 Å². The Labute approximate surface area is 324 Å². The van der Waals surface area contributed by atoms with Gasteiger partial charge in [-0.3, -0.25) is 19.1 Å². The van der Waals surface area contributed by atoms with Gasteiger partial charge in [0.15, 0.2) is 0 Å². The van der Waals surface area contributed by atoms with Crippen LogP contribution in [0.5, 0.6) is 5.75 Å². The summed E-state index contributed by atoms with van der Waals surface area (Å²) in [6.45, 7) is 3.40. The zero-order valence-corrected chi connectivity index (χ0v) is 32.5. The van der Waals surface area contributed by atoms with E-state index >= 15 is 0 Å². The molecule has 13 nitrogen and oxygen atoms in total. The number of carbonyl (C=O) groups excluding carboxylic acids is 4. The van der Waals surface area contributed by atoms with Gasteiger partial charge in [0.1, 0.15) is 35.1 Å². The van der Waals surface area contributed by atoms with Crippen LogP contribution < -0.4 is 20.1 Å². The second-order valence-electron chi connectivity index (χ2n) is 17.0. The molecule has 1 aromatic carbocycles. The van der Waals surface area contributed by atoms with E-state index in [0.29, 0.717) is 56.4 Å². The first kappa shape index (κ1) is 38.5. The Morgan fingerprint density at radius 2 is 1.82 bits per heavy atom. The van der Waals surface area contributed by atoms with Crippen molar-refractivity contribution >= 4 is 44.7 Å². The molecule has 56 heavy (non-hydrogen) atoms. The molecule has 0 radical (unpaired) electrons. The lowest BCUT2D eigenvalue weighted by molar-refractivity contribution is -0.141. The largest absolute Gasteiger partial charge is 0.483 e. The average Bonchev–Trinajstić information content (AvgIpc) is 3.99. The first-order valence-electron chi connectivity index (χ1n) is 19.8. The summed E-state index contributed by atoms with van der Waals surface area (Å²) in [5, 5.41) is 6.49. The van der Waals surface area contributed by atoms with Crippen molar-refractivity contribution in [3.05, 3.63) is 47.7 Å². The van der Waals surface area contributed by atoms with Crippen LogP contribution in [0.4, 0.5) is 13.6 Å². The molecule has 1 spiro atoms. The Morgan fingerprint density at radius 3 is 2.57 bits per heavy atom. The van der Waals surface area contributed by atoms with E-state index in [1.807, 2.05) is 43.3 Å². The van der Waals surface area contributed by atoms with Crippen molar-refractivity contribution in [2.24, 2.45) is 5.92 Å². The maximum absolute atomic E-state index is 14.7. The fraction of sp³-hybridized carbons (Fsp3) is 0.625. The highest BCUT2D eigenvalue weighted by Crippen LogP contribution is 2.49. The number of halogens is 2. The van der Waals surface area contributed by atoms with E-state index in [9.17, 15) is 36.4 Å². The van der Waals surface area contributed by atoms with Crippen molar-refractivity contribution in [2.75, 3.05) is 6.54 Å². The number of fused-ring (bicyclic) bond motifs is 5. The molecule has 3 aliphatic heterocycles. The fourth-order valence-corrected chi connectivity index (χ4v) is 10.3. The number of aromatic nitrogens is 1. The molecule has 4 fully saturated rings. The summed E-state index contributed by atoms with van der Waals surface area (Å²) in [5.74, 6) is -4.86. The lowest BCUT2D eigenvalue weighted by Gasteiger charge is -2.36. The highest BCUT2D eigenvalue weighted by Gasteiger charge is 2.64. The second-order valence-corrected chi connectivity index (χ2v) is 19.2. The van der Waals surface area contributed by atoms with Gasteiger partial charge in [-0.1, -0.05) is 43.2 Å². The first-order valence-corrected chi connectivity index (χ1v) is 21.3. The van der Waals surface area contributed by atoms with Crippen LogP contribution >= 0.6 is 0 Å². The zero-order valence-electron chi connectivity index (χ0n) is 31.7. The molecule has 4 heterocycles. The predicted molar refractivity (Wildman–Crippen MR) is 200 cm³/mol. The number of amides is 4. The normalized spacial score (nSPS) is 32.8. The predicted octanol–water partition coefficient (Wildman–Crippen LogP) is 4.88. The smallest absolute Gasteiger partial charge is 0.408 e. The molecule has 6 atom stereocenters. The van der Waals surface area contributed by atoms with Crippen molar-refractivity contribution in [3.63, 3.8) is 0 Å². The van der Waals surface area contributed by atoms with Crippen LogP contribution in [0.25, 0.3) is 10.9 Å². The number of hydrogen-bond acceptors (Lipinski definition) is 9. The zero-order chi connectivity index (χ0) is 39.7. The Hall–Kier alpha value is -4.34. The van der Waals surface area contributed by atoms with E-state index in [1.54, 1.807) is 6.92 Å². The number of allylic oxidation sites excluding steroid dienone is 1. The van der Waals surface area contributed by atoms with Crippen LogP contribution in [-0.2, 0) is 35.6 Å². The molecule has 1 unspecified atom stereocenters. The molecule has 6 aliphatic rings. The standard InChI is InChI=1S/C40H49F2N5O8S/c1-24-32-28(27-11-8-9-12-29(27)43-24)15-16-38(55-32)22-31-33(48)45-40(35(50)46-56(52,53)37(2)18-19-37)20-25(40)10-6-4-3-5-7-13-30(34(49)47(31)23-38)44-36(51)54-26-14-17-39(41,42)21-26/h6,8-12,25-26,30-31H,3-5,7,13-23H2,1-2H3,(H,44,51)(H,45,48)(H,46,50)/b10-6-/t25-,26?,30+,31+,38-,40-/m1/s1. The Balaban J connectivity index is 1.11. The number of hydrogen-bond donors (Lipinski definition) is 3. The van der Waals surface area contributed by atoms with Gasteiger partial charge in [0, 0.05) is 36.1 Å². The molecule has 1 aromatic heterocycles. The highest BCUT2D eigenvalue weighted by atomic mass is 32.2. The molecule has 3 aliphatic carbocycles. The van der Waals surface area contributed by atoms with Gasteiger partial charge in [-0.05, 0) is 77.7 Å². The van der Waals surface area contributed by atoms with Crippen molar-refractivity contribution < 1.29 is 45.9 Å². The lowest BCUT2D eigenvalue weighted by Crippen LogP contribution is -2.58. The van der Waals surface area contributed by atoms with Crippen molar-refractivity contribution in [3.8, 4) is 5.75 Å². The molecule has 1 saturated heterocycles. The summed E-state index contributed by atoms with van der Waals surface area (Å²) in [6.07, 6.45) is 5.70. The monoisotopic (exact) mass is 797 g/mol. The van der Waals surface area contributed by atoms with Crippen molar-refractivity contribution in [1.29, 1.82) is 0 Å². The van der Waals surface area contributed by atoms with Crippen LogP contribution in [0.15, 0.2) is 36.4 Å². The number of alkyl halides is 2. The number of rotatable bonds is 5. The lowest BCUT2D eigenvalue weighted by atomic mass is 9.87. The number of carbonyl (C=O) groups is 4. The number of nitrogens with one attached hydrogen (secondary N) is 3. The van der Waals surface area contributed by atoms with Crippen LogP contribution in [0.3, 0.4) is 0 Å². The number of para-hydroxylation sites is 1. The number of aryl methyl sites for hydroxylation is 2. The van der Waals surface area contributed by atoms with Gasteiger partial charge in [-0.15, -0.1) is 0 Å². The minimum Gasteiger partial charge on any atom is -0.483 e. The molecule has 2 aromatic rings. The van der Waals surface area contributed by atoms with Gasteiger partial charge in [-0.25, -0.2) is 27.0 Å². The number of alkyl carbamates (subject to hydrolysis) is 1. The van der Waals surface area contributed by atoms with Gasteiger partial charge in [0.2, 0.25) is 21.8 Å². The molecule has 3 N–H and O–H groups in total. The van der Waals surface area contributed by atoms with Crippen molar-refractivity contribution in [1.82, 2.24) is 25.2 Å². The summed E-state index contributed by atoms with van der Waals surface area (Å²) in [6, 6.07) is 5.45. The molecule has 16 heteroatoms. The minimum absolute atomic E-state index is 0.00266. The number of nitrogens with zero attached hydrogens (tertiary/aromatic N) is 2. The van der Waals surface area contributed by atoms with E-state index < -0.39 is 92.6 Å². The van der Waals surface area contributed by atoms with E-state index in [2.05, 4.69) is 15.4 Å². The van der Waals surface area contributed by atoms with E-state index in [-0.39, 0.29) is 32.2 Å². The third-order valence-corrected chi connectivity index (χ3v) is 15.0. The topological polar surface area (TPSA) is 173 Å². The average molecular weight is 798 g/mol. The van der Waals surface area contributed by atoms with Crippen LogP contribution in [0.1, 0.15) is 102 Å². The quantitative estimate of drug-likeness (QED) is 0.357. The molecule has 4 amide bonds. The number of benzene rings is 1. The summed E-state index contributed by atoms with van der Waals surface area (Å²) in [7, 11) is -4.02. The van der Waals surface area contributed by atoms with Crippen LogP contribution in [0.2, 0.25) is 0 Å². The maximum Gasteiger partial charge on any atom is 0.408 e. The summed E-state index contributed by atoms with van der Waals surface area (Å²) in [4.78, 5) is 62.6. The fourth-order valence-electron chi connectivity index (χ4n) is 8.98. The Morgan fingerprint density at radius 1 is 1.04 bits per heavy atom. The summed E-state index contributed by atoms with van der Waals surface area (Å²) >= 11 is 0. The van der Waals surface area contributed by atoms with Gasteiger partial charge in [0.25, 0.3) is 11.8 Å². The van der Waals surface area contributed by atoms with E-state index in [4.69, 9.17) is 14.5 Å². The number of sulfonamides is 1. The van der Waals surface area contributed by atoms with Gasteiger partial charge < -0.3 is 25.0 Å². The Bertz CT molecular complexity index is 2110. The molecular formula is C40H49F2N5O8S. The molecular weight excluding hydrogens is 749 g/mol. The third kappa shape index (κ3) is 7.22. The number of pyridine rings is 1.